The summed E-state index contributed by atoms with van der Waals surface area (Å²) in [6, 6.07) is 12.2. The fraction of sp³-hybridized carbons (Fsp3) is 0.385. The van der Waals surface area contributed by atoms with Crippen LogP contribution in [0.2, 0.25) is 0 Å². The van der Waals surface area contributed by atoms with Crippen LogP contribution in [0.5, 0.6) is 0 Å². The Morgan fingerprint density at radius 3 is 2.47 bits per heavy atom. The average molecular weight is 519 g/mol. The molecular formula is C26H30N8O4. The summed E-state index contributed by atoms with van der Waals surface area (Å²) < 4.78 is 6.94. The lowest BCUT2D eigenvalue weighted by atomic mass is 10.00. The van der Waals surface area contributed by atoms with Gasteiger partial charge in [0.1, 0.15) is 6.04 Å². The molecule has 3 heterocycles. The zero-order chi connectivity index (χ0) is 26.8. The van der Waals surface area contributed by atoms with Gasteiger partial charge in [-0.2, -0.15) is 0 Å². The first-order valence-corrected chi connectivity index (χ1v) is 12.5. The van der Waals surface area contributed by atoms with Crippen molar-refractivity contribution in [1.82, 2.24) is 30.1 Å². The van der Waals surface area contributed by atoms with Gasteiger partial charge >= 0.3 is 0 Å². The number of aryl methyl sites for hydroxylation is 2. The van der Waals surface area contributed by atoms with E-state index in [0.29, 0.717) is 50.7 Å². The molecule has 198 valence electrons. The van der Waals surface area contributed by atoms with Gasteiger partial charge in [-0.3, -0.25) is 19.8 Å². The van der Waals surface area contributed by atoms with Crippen LogP contribution in [0.1, 0.15) is 28.6 Å². The Morgan fingerprint density at radius 1 is 1.08 bits per heavy atom. The summed E-state index contributed by atoms with van der Waals surface area (Å²) in [5, 5.41) is 24.4. The third-order valence-electron chi connectivity index (χ3n) is 7.20. The number of H-pyrrole nitrogens is 1. The zero-order valence-corrected chi connectivity index (χ0v) is 21.6. The van der Waals surface area contributed by atoms with Gasteiger partial charge in [0.25, 0.3) is 11.2 Å². The van der Waals surface area contributed by atoms with Crippen molar-refractivity contribution >= 4 is 22.3 Å². The van der Waals surface area contributed by atoms with E-state index in [1.165, 1.54) is 12.1 Å². The van der Waals surface area contributed by atoms with Gasteiger partial charge in [0, 0.05) is 62.2 Å². The van der Waals surface area contributed by atoms with Crippen molar-refractivity contribution in [3.05, 3.63) is 85.4 Å². The molecule has 0 spiro atoms. The minimum absolute atomic E-state index is 0.0660. The minimum atomic E-state index is -0.462. The molecular weight excluding hydrogens is 488 g/mol. The number of ether oxygens (including phenoxy) is 1. The number of aromatic nitrogens is 5. The molecule has 1 aliphatic rings. The molecule has 38 heavy (non-hydrogen) atoms. The maximum absolute atomic E-state index is 13.5. The molecule has 0 unspecified atom stereocenters. The molecule has 0 amide bonds. The number of pyridine rings is 1. The van der Waals surface area contributed by atoms with Gasteiger partial charge in [-0.25, -0.2) is 4.68 Å². The molecule has 0 radical (unpaired) electrons. The maximum atomic E-state index is 13.5. The summed E-state index contributed by atoms with van der Waals surface area (Å²) in [6.45, 7) is 7.62. The number of aromatic amines is 1. The molecule has 0 aliphatic carbocycles. The van der Waals surface area contributed by atoms with Crippen molar-refractivity contribution < 1.29 is 9.66 Å². The molecule has 1 saturated heterocycles. The molecule has 1 aliphatic heterocycles. The van der Waals surface area contributed by atoms with Gasteiger partial charge in [0.15, 0.2) is 5.82 Å². The van der Waals surface area contributed by atoms with Crippen LogP contribution in [-0.4, -0.2) is 74.9 Å². The monoisotopic (exact) mass is 518 g/mol. The quantitative estimate of drug-likeness (QED) is 0.276. The normalized spacial score (nSPS) is 15.2. The van der Waals surface area contributed by atoms with Gasteiger partial charge in [-0.15, -0.1) is 5.10 Å². The highest BCUT2D eigenvalue weighted by Gasteiger charge is 2.33. The van der Waals surface area contributed by atoms with Crippen molar-refractivity contribution in [2.75, 3.05) is 44.8 Å². The Morgan fingerprint density at radius 2 is 1.79 bits per heavy atom. The van der Waals surface area contributed by atoms with Crippen LogP contribution in [0.25, 0.3) is 10.9 Å². The Balaban J connectivity index is 1.49. The second-order valence-electron chi connectivity index (χ2n) is 9.53. The molecule has 12 nitrogen and oxygen atoms in total. The van der Waals surface area contributed by atoms with E-state index in [0.717, 1.165) is 27.7 Å². The molecule has 1 N–H and O–H groups in total. The number of methoxy groups -OCH3 is 1. The summed E-state index contributed by atoms with van der Waals surface area (Å²) >= 11 is 0. The predicted molar refractivity (Wildman–Crippen MR) is 142 cm³/mol. The van der Waals surface area contributed by atoms with Crippen molar-refractivity contribution in [3.63, 3.8) is 0 Å². The number of hydrogen-bond donors (Lipinski definition) is 1. The summed E-state index contributed by atoms with van der Waals surface area (Å²) in [5.41, 5.74) is 4.45. The first-order chi connectivity index (χ1) is 18.4. The summed E-state index contributed by atoms with van der Waals surface area (Å²) in [6.07, 6.45) is 0. The molecule has 12 heteroatoms. The lowest BCUT2D eigenvalue weighted by Gasteiger charge is -2.39. The Bertz CT molecular complexity index is 1510. The third kappa shape index (κ3) is 5.00. The van der Waals surface area contributed by atoms with Gasteiger partial charge < -0.3 is 14.6 Å². The summed E-state index contributed by atoms with van der Waals surface area (Å²) in [5.74, 6) is 0.583. The van der Waals surface area contributed by atoms with Gasteiger partial charge in [-0.1, -0.05) is 0 Å². The zero-order valence-electron chi connectivity index (χ0n) is 21.6. The molecule has 0 saturated carbocycles. The van der Waals surface area contributed by atoms with E-state index in [2.05, 4.69) is 43.3 Å². The standard InChI is InChI=1S/C26H30N8O4/c1-17-14-19-16-22(26(35)27-23(19)15-18(17)2)24(25-28-29-30-33(25)12-13-38-3)32-10-8-31(9-11-32)20-4-6-21(7-5-20)34(36)37/h4-7,14-16,24H,8-13H2,1-3H3,(H,27,35)/t24-/m0/s1. The van der Waals surface area contributed by atoms with Crippen molar-refractivity contribution in [1.29, 1.82) is 0 Å². The topological polar surface area (TPSA) is 135 Å². The van der Waals surface area contributed by atoms with E-state index in [4.69, 9.17) is 4.74 Å². The average Bonchev–Trinajstić information content (AvgIpc) is 3.37. The van der Waals surface area contributed by atoms with E-state index in [1.807, 2.05) is 19.1 Å². The lowest BCUT2D eigenvalue weighted by Crippen LogP contribution is -2.49. The van der Waals surface area contributed by atoms with Crippen LogP contribution < -0.4 is 10.5 Å². The fourth-order valence-electron chi connectivity index (χ4n) is 4.96. The summed E-state index contributed by atoms with van der Waals surface area (Å²) in [4.78, 5) is 31.5. The highest BCUT2D eigenvalue weighted by atomic mass is 16.6. The number of rotatable bonds is 8. The molecule has 5 rings (SSSR count). The number of nitro benzene ring substituents is 1. The van der Waals surface area contributed by atoms with E-state index in [1.54, 1.807) is 23.9 Å². The number of piperazine rings is 1. The first-order valence-electron chi connectivity index (χ1n) is 12.5. The van der Waals surface area contributed by atoms with Gasteiger partial charge in [0.05, 0.1) is 18.1 Å². The minimum Gasteiger partial charge on any atom is -0.383 e. The number of tetrazole rings is 1. The van der Waals surface area contributed by atoms with E-state index in [-0.39, 0.29) is 11.2 Å². The fourth-order valence-corrected chi connectivity index (χ4v) is 4.96. The third-order valence-corrected chi connectivity index (χ3v) is 7.20. The Kier molecular flexibility index (Phi) is 7.16. The Labute approximate surface area is 219 Å². The van der Waals surface area contributed by atoms with Crippen LogP contribution in [0.15, 0.2) is 47.3 Å². The Hall–Kier alpha value is -4.16. The van der Waals surface area contributed by atoms with Crippen molar-refractivity contribution in [2.45, 2.75) is 26.4 Å². The van der Waals surface area contributed by atoms with E-state index in [9.17, 15) is 14.9 Å². The number of anilines is 1. The van der Waals surface area contributed by atoms with Crippen LogP contribution in [0.3, 0.4) is 0 Å². The molecule has 1 fully saturated rings. The van der Waals surface area contributed by atoms with Gasteiger partial charge in [0.2, 0.25) is 0 Å². The highest BCUT2D eigenvalue weighted by molar-refractivity contribution is 5.81. The molecule has 2 aromatic heterocycles. The number of benzene rings is 2. The van der Waals surface area contributed by atoms with E-state index >= 15 is 0 Å². The van der Waals surface area contributed by atoms with Crippen LogP contribution >= 0.6 is 0 Å². The smallest absolute Gasteiger partial charge is 0.269 e. The van der Waals surface area contributed by atoms with Crippen molar-refractivity contribution in [2.24, 2.45) is 0 Å². The molecule has 1 atom stereocenters. The summed E-state index contributed by atoms with van der Waals surface area (Å²) in [7, 11) is 1.62. The van der Waals surface area contributed by atoms with Crippen molar-refractivity contribution in [3.8, 4) is 0 Å². The lowest BCUT2D eigenvalue weighted by molar-refractivity contribution is -0.384. The van der Waals surface area contributed by atoms with Crippen LogP contribution in [0, 0.1) is 24.0 Å². The molecule has 2 aromatic carbocycles. The number of nitrogens with zero attached hydrogens (tertiary/aromatic N) is 7. The number of fused-ring (bicyclic) bond motifs is 1. The second-order valence-corrected chi connectivity index (χ2v) is 9.53. The van der Waals surface area contributed by atoms with E-state index < -0.39 is 11.0 Å². The molecule has 0 bridgehead atoms. The first kappa shape index (κ1) is 25.5. The SMILES string of the molecule is COCCn1nnnc1[C@H](c1cc2cc(C)c(C)cc2[nH]c1=O)N1CCN(c2ccc([N+](=O)[O-])cc2)CC1. The number of hydrogen-bond acceptors (Lipinski definition) is 9. The maximum Gasteiger partial charge on any atom is 0.269 e. The second kappa shape index (κ2) is 10.7. The predicted octanol–water partition coefficient (Wildman–Crippen LogP) is 2.60. The number of nitro groups is 1. The largest absolute Gasteiger partial charge is 0.383 e. The van der Waals surface area contributed by atoms with Crippen LogP contribution in [-0.2, 0) is 11.3 Å². The number of non-ortho nitro benzene ring substituents is 1. The van der Waals surface area contributed by atoms with Crippen LogP contribution in [0.4, 0.5) is 11.4 Å². The number of nitrogens with one attached hydrogen (secondary N) is 1. The molecule has 4 aromatic rings. The van der Waals surface area contributed by atoms with Gasteiger partial charge in [-0.05, 0) is 71.1 Å². The highest BCUT2D eigenvalue weighted by Crippen LogP contribution is 2.30.